The molecule has 1 amide bonds. The molecular formula is C14H10Cl3NO4S. The molecule has 1 aliphatic heterocycles. The normalized spacial score (nSPS) is 20.8. The summed E-state index contributed by atoms with van der Waals surface area (Å²) in [6.45, 7) is 0.192. The van der Waals surface area contributed by atoms with Crippen LogP contribution < -0.4 is 5.32 Å². The molecule has 1 aromatic heterocycles. The summed E-state index contributed by atoms with van der Waals surface area (Å²) in [5, 5.41) is 13.4. The average molecular weight is 395 g/mol. The lowest BCUT2D eigenvalue weighted by Gasteiger charge is -2.23. The number of hydrogen-bond acceptors (Lipinski definition) is 4. The van der Waals surface area contributed by atoms with Gasteiger partial charge < -0.3 is 15.2 Å². The largest absolute Gasteiger partial charge is 0.479 e. The molecule has 0 bridgehead atoms. The third kappa shape index (κ3) is 2.90. The Morgan fingerprint density at radius 2 is 2.04 bits per heavy atom. The zero-order valence-corrected chi connectivity index (χ0v) is 14.6. The van der Waals surface area contributed by atoms with Gasteiger partial charge in [-0.05, 0) is 12.1 Å². The minimum absolute atomic E-state index is 0.0802. The number of amides is 1. The number of carboxylic acids is 1. The number of nitrogens with one attached hydrogen (secondary N) is 1. The molecule has 2 heterocycles. The van der Waals surface area contributed by atoms with Gasteiger partial charge in [-0.3, -0.25) is 4.79 Å². The van der Waals surface area contributed by atoms with Gasteiger partial charge in [-0.1, -0.05) is 34.8 Å². The third-order valence-corrected chi connectivity index (χ3v) is 5.78. The molecule has 0 saturated carbocycles. The van der Waals surface area contributed by atoms with E-state index in [-0.39, 0.29) is 29.5 Å². The van der Waals surface area contributed by atoms with Crippen molar-refractivity contribution in [3.63, 3.8) is 0 Å². The van der Waals surface area contributed by atoms with Crippen LogP contribution in [0, 0.1) is 0 Å². The maximum Gasteiger partial charge on any atom is 0.331 e. The summed E-state index contributed by atoms with van der Waals surface area (Å²) in [7, 11) is 0. The summed E-state index contributed by atoms with van der Waals surface area (Å²) in [4.78, 5) is 24.2. The molecule has 3 rings (SSSR count). The second kappa shape index (κ2) is 6.11. The summed E-state index contributed by atoms with van der Waals surface area (Å²) >= 11 is 19.4. The summed E-state index contributed by atoms with van der Waals surface area (Å²) < 4.78 is 5.78. The van der Waals surface area contributed by atoms with E-state index in [0.29, 0.717) is 20.1 Å². The minimum atomic E-state index is -1.43. The maximum absolute atomic E-state index is 12.5. The van der Waals surface area contributed by atoms with Crippen molar-refractivity contribution < 1.29 is 19.4 Å². The van der Waals surface area contributed by atoms with Gasteiger partial charge in [-0.25, -0.2) is 4.79 Å². The highest BCUT2D eigenvalue weighted by Crippen LogP contribution is 2.41. The molecule has 1 aromatic carbocycles. The molecule has 1 fully saturated rings. The molecule has 1 atom stereocenters. The Morgan fingerprint density at radius 3 is 2.65 bits per heavy atom. The Morgan fingerprint density at radius 1 is 1.30 bits per heavy atom. The van der Waals surface area contributed by atoms with E-state index in [1.807, 2.05) is 0 Å². The standard InChI is InChI=1S/C14H10Cl3NO4S/c15-6-3-7(16)9-8(4-6)23-11(10(9)17)12(19)18-14(13(20)21)1-2-22-5-14/h3-4H,1-2,5H2,(H,18,19)(H,20,21). The Labute approximate surface area is 150 Å². The topological polar surface area (TPSA) is 75.6 Å². The molecule has 1 unspecified atom stereocenters. The molecule has 0 radical (unpaired) electrons. The van der Waals surface area contributed by atoms with E-state index < -0.39 is 17.4 Å². The monoisotopic (exact) mass is 393 g/mol. The summed E-state index contributed by atoms with van der Waals surface area (Å²) in [5.41, 5.74) is -1.43. The van der Waals surface area contributed by atoms with Crippen molar-refractivity contribution in [3.8, 4) is 0 Å². The second-order valence-electron chi connectivity index (χ2n) is 5.15. The Kier molecular flexibility index (Phi) is 4.46. The van der Waals surface area contributed by atoms with Gasteiger partial charge in [0, 0.05) is 28.1 Å². The van der Waals surface area contributed by atoms with Crippen LogP contribution in [-0.4, -0.2) is 35.7 Å². The van der Waals surface area contributed by atoms with Gasteiger partial charge in [0.15, 0.2) is 5.54 Å². The van der Waals surface area contributed by atoms with Crippen molar-refractivity contribution in [2.24, 2.45) is 0 Å². The molecule has 2 aromatic rings. The number of rotatable bonds is 3. The smallest absolute Gasteiger partial charge is 0.331 e. The Hall–Kier alpha value is -1.05. The minimum Gasteiger partial charge on any atom is -0.479 e. The van der Waals surface area contributed by atoms with Crippen LogP contribution in [0.25, 0.3) is 10.1 Å². The summed E-state index contributed by atoms with van der Waals surface area (Å²) in [6.07, 6.45) is 0.198. The average Bonchev–Trinajstić information content (AvgIpc) is 3.04. The van der Waals surface area contributed by atoms with Crippen LogP contribution in [0.5, 0.6) is 0 Å². The van der Waals surface area contributed by atoms with E-state index in [9.17, 15) is 14.7 Å². The lowest BCUT2D eigenvalue weighted by Crippen LogP contribution is -2.55. The predicted molar refractivity (Wildman–Crippen MR) is 90.1 cm³/mol. The maximum atomic E-state index is 12.5. The summed E-state index contributed by atoms with van der Waals surface area (Å²) in [6, 6.07) is 3.19. The first-order chi connectivity index (χ1) is 10.8. The first-order valence-electron chi connectivity index (χ1n) is 6.55. The number of carboxylic acid groups (broad SMARTS) is 1. The number of carbonyl (C=O) groups is 2. The molecule has 1 aliphatic rings. The van der Waals surface area contributed by atoms with Crippen molar-refractivity contribution in [1.29, 1.82) is 0 Å². The Bertz CT molecular complexity index is 814. The van der Waals surface area contributed by atoms with Crippen LogP contribution in [0.4, 0.5) is 0 Å². The second-order valence-corrected chi connectivity index (χ2v) is 7.42. The van der Waals surface area contributed by atoms with Crippen LogP contribution >= 0.6 is 46.1 Å². The number of carbonyl (C=O) groups excluding carboxylic acids is 1. The molecule has 5 nitrogen and oxygen atoms in total. The van der Waals surface area contributed by atoms with E-state index in [0.717, 1.165) is 11.3 Å². The quantitative estimate of drug-likeness (QED) is 0.829. The van der Waals surface area contributed by atoms with E-state index in [2.05, 4.69) is 5.32 Å². The zero-order valence-electron chi connectivity index (χ0n) is 11.5. The molecule has 0 spiro atoms. The van der Waals surface area contributed by atoms with Crippen LogP contribution in [0.15, 0.2) is 12.1 Å². The fourth-order valence-corrected chi connectivity index (χ4v) is 4.69. The van der Waals surface area contributed by atoms with Crippen molar-refractivity contribution in [1.82, 2.24) is 5.32 Å². The van der Waals surface area contributed by atoms with Crippen molar-refractivity contribution in [3.05, 3.63) is 32.1 Å². The number of hydrogen-bond donors (Lipinski definition) is 2. The number of benzene rings is 1. The number of aliphatic carboxylic acids is 1. The van der Waals surface area contributed by atoms with E-state index in [1.54, 1.807) is 6.07 Å². The SMILES string of the molecule is O=C(NC1(C(=O)O)CCOC1)c1sc2cc(Cl)cc(Cl)c2c1Cl. The third-order valence-electron chi connectivity index (χ3n) is 3.64. The van der Waals surface area contributed by atoms with Crippen LogP contribution in [0.2, 0.25) is 15.1 Å². The Balaban J connectivity index is 2.00. The van der Waals surface area contributed by atoms with Crippen LogP contribution in [0.1, 0.15) is 16.1 Å². The van der Waals surface area contributed by atoms with Gasteiger partial charge in [0.05, 0.1) is 16.7 Å². The molecule has 1 saturated heterocycles. The van der Waals surface area contributed by atoms with Gasteiger partial charge in [0.2, 0.25) is 0 Å². The lowest BCUT2D eigenvalue weighted by molar-refractivity contribution is -0.144. The van der Waals surface area contributed by atoms with Crippen LogP contribution in [0.3, 0.4) is 0 Å². The highest BCUT2D eigenvalue weighted by atomic mass is 35.5. The van der Waals surface area contributed by atoms with Crippen LogP contribution in [-0.2, 0) is 9.53 Å². The molecule has 0 aliphatic carbocycles. The van der Waals surface area contributed by atoms with E-state index >= 15 is 0 Å². The number of thiophene rings is 1. The highest BCUT2D eigenvalue weighted by Gasteiger charge is 2.44. The zero-order chi connectivity index (χ0) is 16.8. The molecule has 9 heteroatoms. The lowest BCUT2D eigenvalue weighted by atomic mass is 9.99. The van der Waals surface area contributed by atoms with Gasteiger partial charge in [0.1, 0.15) is 4.88 Å². The molecule has 2 N–H and O–H groups in total. The highest BCUT2D eigenvalue weighted by molar-refractivity contribution is 7.21. The van der Waals surface area contributed by atoms with E-state index in [1.165, 1.54) is 6.07 Å². The molecular weight excluding hydrogens is 385 g/mol. The molecule has 23 heavy (non-hydrogen) atoms. The predicted octanol–water partition coefficient (Wildman–Crippen LogP) is 3.84. The van der Waals surface area contributed by atoms with Crippen molar-refractivity contribution in [2.75, 3.05) is 13.2 Å². The summed E-state index contributed by atoms with van der Waals surface area (Å²) in [5.74, 6) is -1.71. The fourth-order valence-electron chi connectivity index (χ4n) is 2.42. The first kappa shape index (κ1) is 16.8. The van der Waals surface area contributed by atoms with Crippen molar-refractivity contribution >= 4 is 68.1 Å². The van der Waals surface area contributed by atoms with Gasteiger partial charge in [-0.2, -0.15) is 0 Å². The molecule has 122 valence electrons. The fraction of sp³-hybridized carbons (Fsp3) is 0.286. The number of ether oxygens (including phenoxy) is 1. The first-order valence-corrected chi connectivity index (χ1v) is 8.50. The van der Waals surface area contributed by atoms with Gasteiger partial charge >= 0.3 is 5.97 Å². The van der Waals surface area contributed by atoms with E-state index in [4.69, 9.17) is 39.5 Å². The van der Waals surface area contributed by atoms with Gasteiger partial charge in [0.25, 0.3) is 5.91 Å². The number of fused-ring (bicyclic) bond motifs is 1. The number of halogens is 3. The van der Waals surface area contributed by atoms with Crippen molar-refractivity contribution in [2.45, 2.75) is 12.0 Å². The van der Waals surface area contributed by atoms with Gasteiger partial charge in [-0.15, -0.1) is 11.3 Å².